The van der Waals surface area contributed by atoms with Gasteiger partial charge in [0.25, 0.3) is 0 Å². The molecule has 7 heteroatoms. The van der Waals surface area contributed by atoms with E-state index in [1.807, 2.05) is 18.2 Å². The Morgan fingerprint density at radius 3 is 3.15 bits per heavy atom. The molecule has 0 fully saturated rings. The Morgan fingerprint density at radius 2 is 2.40 bits per heavy atom. The summed E-state index contributed by atoms with van der Waals surface area (Å²) in [4.78, 5) is 20.9. The van der Waals surface area contributed by atoms with E-state index in [1.165, 1.54) is 11.8 Å². The van der Waals surface area contributed by atoms with Crippen LogP contribution >= 0.6 is 11.8 Å². The number of nitrogens with two attached hydrogens (primary N) is 1. The SMILES string of the molecule is CN(CCC#N)C(=O)CSc1nc2ccc(N)cc2[nH]1. The van der Waals surface area contributed by atoms with Crippen LogP contribution in [0.3, 0.4) is 0 Å². The number of nitrogen functional groups attached to an aromatic ring is 1. The van der Waals surface area contributed by atoms with Gasteiger partial charge in [-0.25, -0.2) is 4.98 Å². The number of H-pyrrole nitrogens is 1. The first-order valence-corrected chi connectivity index (χ1v) is 7.07. The second kappa shape index (κ2) is 6.30. The normalized spacial score (nSPS) is 10.4. The number of aromatic amines is 1. The fourth-order valence-corrected chi connectivity index (χ4v) is 2.48. The molecule has 1 aromatic carbocycles. The van der Waals surface area contributed by atoms with Crippen LogP contribution in [0.15, 0.2) is 23.4 Å². The van der Waals surface area contributed by atoms with Crippen molar-refractivity contribution >= 4 is 34.4 Å². The largest absolute Gasteiger partial charge is 0.399 e. The van der Waals surface area contributed by atoms with Gasteiger partial charge in [0.15, 0.2) is 5.16 Å². The number of nitriles is 1. The lowest BCUT2D eigenvalue weighted by Gasteiger charge is -2.14. The van der Waals surface area contributed by atoms with Crippen molar-refractivity contribution in [3.05, 3.63) is 18.2 Å². The molecule has 2 rings (SSSR count). The lowest BCUT2D eigenvalue weighted by Crippen LogP contribution is -2.29. The van der Waals surface area contributed by atoms with E-state index in [1.54, 1.807) is 18.0 Å². The second-order valence-corrected chi connectivity index (χ2v) is 5.29. The van der Waals surface area contributed by atoms with E-state index in [9.17, 15) is 4.79 Å². The molecule has 0 bridgehead atoms. The first-order chi connectivity index (χ1) is 9.60. The van der Waals surface area contributed by atoms with Gasteiger partial charge in [-0.15, -0.1) is 0 Å². The van der Waals surface area contributed by atoms with E-state index in [2.05, 4.69) is 9.97 Å². The van der Waals surface area contributed by atoms with Gasteiger partial charge in [-0.2, -0.15) is 5.26 Å². The van der Waals surface area contributed by atoms with Crippen molar-refractivity contribution in [3.8, 4) is 6.07 Å². The molecule has 3 N–H and O–H groups in total. The lowest BCUT2D eigenvalue weighted by molar-refractivity contribution is -0.127. The molecule has 0 spiro atoms. The van der Waals surface area contributed by atoms with Crippen LogP contribution in [0.2, 0.25) is 0 Å². The molecule has 0 atom stereocenters. The summed E-state index contributed by atoms with van der Waals surface area (Å²) in [7, 11) is 1.69. The van der Waals surface area contributed by atoms with Gasteiger partial charge in [-0.05, 0) is 18.2 Å². The minimum atomic E-state index is -0.0229. The predicted octanol–water partition coefficient (Wildman–Crippen LogP) is 1.61. The molecule has 0 saturated heterocycles. The average Bonchev–Trinajstić information content (AvgIpc) is 2.83. The van der Waals surface area contributed by atoms with E-state index in [0.29, 0.717) is 23.8 Å². The van der Waals surface area contributed by atoms with Gasteiger partial charge < -0.3 is 15.6 Å². The number of anilines is 1. The highest BCUT2D eigenvalue weighted by Crippen LogP contribution is 2.21. The topological polar surface area (TPSA) is 98.8 Å². The number of hydrogen-bond donors (Lipinski definition) is 2. The maximum atomic E-state index is 11.8. The molecule has 0 aliphatic carbocycles. The van der Waals surface area contributed by atoms with Crippen molar-refractivity contribution in [2.45, 2.75) is 11.6 Å². The van der Waals surface area contributed by atoms with Crippen molar-refractivity contribution in [2.75, 3.05) is 25.1 Å². The summed E-state index contributed by atoms with van der Waals surface area (Å²) in [6.07, 6.45) is 0.344. The van der Waals surface area contributed by atoms with Crippen LogP contribution in [-0.2, 0) is 4.79 Å². The van der Waals surface area contributed by atoms with Gasteiger partial charge in [-0.1, -0.05) is 11.8 Å². The number of imidazole rings is 1. The number of amides is 1. The van der Waals surface area contributed by atoms with Crippen LogP contribution in [-0.4, -0.2) is 40.1 Å². The number of hydrogen-bond acceptors (Lipinski definition) is 5. The van der Waals surface area contributed by atoms with Crippen LogP contribution in [0.4, 0.5) is 5.69 Å². The summed E-state index contributed by atoms with van der Waals surface area (Å²) in [5.74, 6) is 0.266. The van der Waals surface area contributed by atoms with Crippen LogP contribution in [0.25, 0.3) is 11.0 Å². The summed E-state index contributed by atoms with van der Waals surface area (Å²) in [6, 6.07) is 7.46. The van der Waals surface area contributed by atoms with Crippen LogP contribution in [0.5, 0.6) is 0 Å². The molecule has 0 aliphatic heterocycles. The van der Waals surface area contributed by atoms with Crippen molar-refractivity contribution in [1.82, 2.24) is 14.9 Å². The molecule has 6 nitrogen and oxygen atoms in total. The van der Waals surface area contributed by atoms with Gasteiger partial charge in [0.1, 0.15) is 0 Å². The van der Waals surface area contributed by atoms with E-state index >= 15 is 0 Å². The summed E-state index contributed by atoms with van der Waals surface area (Å²) in [6.45, 7) is 0.451. The third-order valence-electron chi connectivity index (χ3n) is 2.80. The second-order valence-electron chi connectivity index (χ2n) is 4.33. The molecule has 1 amide bonds. The first-order valence-electron chi connectivity index (χ1n) is 6.09. The number of thioether (sulfide) groups is 1. The minimum absolute atomic E-state index is 0.0229. The molecule has 20 heavy (non-hydrogen) atoms. The number of carbonyl (C=O) groups is 1. The number of benzene rings is 1. The first kappa shape index (κ1) is 14.2. The monoisotopic (exact) mass is 289 g/mol. The predicted molar refractivity (Wildman–Crippen MR) is 79.1 cm³/mol. The zero-order chi connectivity index (χ0) is 14.5. The van der Waals surface area contributed by atoms with Crippen molar-refractivity contribution in [3.63, 3.8) is 0 Å². The number of carbonyl (C=O) groups excluding carboxylic acids is 1. The number of rotatable bonds is 5. The Hall–Kier alpha value is -2.20. The summed E-state index contributed by atoms with van der Waals surface area (Å²) in [5.41, 5.74) is 8.06. The van der Waals surface area contributed by atoms with Crippen LogP contribution < -0.4 is 5.73 Å². The van der Waals surface area contributed by atoms with Crippen molar-refractivity contribution in [1.29, 1.82) is 5.26 Å². The molecule has 0 unspecified atom stereocenters. The molecule has 2 aromatic rings. The van der Waals surface area contributed by atoms with Crippen LogP contribution in [0.1, 0.15) is 6.42 Å². The highest BCUT2D eigenvalue weighted by molar-refractivity contribution is 7.99. The van der Waals surface area contributed by atoms with Crippen LogP contribution in [0, 0.1) is 11.3 Å². The Bertz CT molecular complexity index is 660. The molecule has 104 valence electrons. The highest BCUT2D eigenvalue weighted by Gasteiger charge is 2.11. The number of fused-ring (bicyclic) bond motifs is 1. The smallest absolute Gasteiger partial charge is 0.232 e. The van der Waals surface area contributed by atoms with Gasteiger partial charge in [0.2, 0.25) is 5.91 Å². The summed E-state index contributed by atoms with van der Waals surface area (Å²) in [5, 5.41) is 9.18. The Morgan fingerprint density at radius 1 is 1.60 bits per heavy atom. The van der Waals surface area contributed by atoms with Gasteiger partial charge >= 0.3 is 0 Å². The van der Waals surface area contributed by atoms with E-state index < -0.39 is 0 Å². The molecule has 1 aromatic heterocycles. The molecular weight excluding hydrogens is 274 g/mol. The maximum absolute atomic E-state index is 11.8. The fourth-order valence-electron chi connectivity index (χ4n) is 1.65. The number of nitrogens with zero attached hydrogens (tertiary/aromatic N) is 3. The van der Waals surface area contributed by atoms with E-state index in [0.717, 1.165) is 11.0 Å². The van der Waals surface area contributed by atoms with Gasteiger partial charge in [0.05, 0.1) is 29.3 Å². The fraction of sp³-hybridized carbons (Fsp3) is 0.308. The number of nitrogens with one attached hydrogen (secondary N) is 1. The number of aromatic nitrogens is 2. The van der Waals surface area contributed by atoms with Gasteiger partial charge in [0, 0.05) is 19.3 Å². The summed E-state index contributed by atoms with van der Waals surface area (Å²) < 4.78 is 0. The van der Waals surface area contributed by atoms with Gasteiger partial charge in [-0.3, -0.25) is 4.79 Å². The summed E-state index contributed by atoms with van der Waals surface area (Å²) >= 11 is 1.34. The molecule has 0 saturated carbocycles. The lowest BCUT2D eigenvalue weighted by atomic mass is 10.3. The maximum Gasteiger partial charge on any atom is 0.232 e. The van der Waals surface area contributed by atoms with E-state index in [-0.39, 0.29) is 11.7 Å². The quantitative estimate of drug-likeness (QED) is 0.643. The standard InChI is InChI=1S/C13H15N5OS/c1-18(6-2-5-14)12(19)8-20-13-16-10-4-3-9(15)7-11(10)17-13/h3-4,7H,2,6,8,15H2,1H3,(H,16,17). The highest BCUT2D eigenvalue weighted by atomic mass is 32.2. The molecule has 1 heterocycles. The Balaban J connectivity index is 1.95. The van der Waals surface area contributed by atoms with Crippen molar-refractivity contribution < 1.29 is 4.79 Å². The van der Waals surface area contributed by atoms with E-state index in [4.69, 9.17) is 11.0 Å². The zero-order valence-corrected chi connectivity index (χ0v) is 11.9. The third-order valence-corrected chi connectivity index (χ3v) is 3.66. The average molecular weight is 289 g/mol. The van der Waals surface area contributed by atoms with Crippen molar-refractivity contribution in [2.24, 2.45) is 0 Å². The zero-order valence-electron chi connectivity index (χ0n) is 11.1. The molecule has 0 radical (unpaired) electrons. The Labute approximate surface area is 121 Å². The third kappa shape index (κ3) is 3.42. The minimum Gasteiger partial charge on any atom is -0.399 e. The molecule has 0 aliphatic rings. The Kier molecular flexibility index (Phi) is 4.48. The molecular formula is C13H15N5OS.